The van der Waals surface area contributed by atoms with E-state index in [9.17, 15) is 9.18 Å². The molecule has 0 radical (unpaired) electrons. The number of aliphatic imine (C=N–C) groups is 1. The molecule has 0 fully saturated rings. The molecule has 0 saturated heterocycles. The number of amidine groups is 1. The summed E-state index contributed by atoms with van der Waals surface area (Å²) in [4.78, 5) is 20.8. The Morgan fingerprint density at radius 2 is 2.11 bits per heavy atom. The number of halogens is 2. The molecule has 6 nitrogen and oxygen atoms in total. The summed E-state index contributed by atoms with van der Waals surface area (Å²) in [5.74, 6) is -0.311. The van der Waals surface area contributed by atoms with Crippen molar-refractivity contribution in [1.82, 2.24) is 4.98 Å². The Hall–Kier alpha value is -2.61. The predicted octanol–water partition coefficient (Wildman–Crippen LogP) is 3.13. The van der Waals surface area contributed by atoms with Gasteiger partial charge >= 0.3 is 0 Å². The summed E-state index contributed by atoms with van der Waals surface area (Å²) >= 11 is 0. The molecule has 8 heteroatoms. The van der Waals surface area contributed by atoms with Crippen LogP contribution in [0.1, 0.15) is 48.1 Å². The third kappa shape index (κ3) is 3.56. The fraction of sp³-hybridized carbons (Fsp3) is 0.450. The molecule has 2 aromatic rings. The second kappa shape index (κ2) is 7.43. The van der Waals surface area contributed by atoms with Gasteiger partial charge in [0, 0.05) is 18.4 Å². The Labute approximate surface area is 161 Å². The number of hydrogen-bond donors (Lipinski definition) is 1. The van der Waals surface area contributed by atoms with Crippen LogP contribution in [0.25, 0.3) is 0 Å². The highest BCUT2D eigenvalue weighted by Gasteiger charge is 2.50. The van der Waals surface area contributed by atoms with Crippen LogP contribution in [0.5, 0.6) is 0 Å². The van der Waals surface area contributed by atoms with Gasteiger partial charge < -0.3 is 14.9 Å². The van der Waals surface area contributed by atoms with Crippen LogP contribution in [0.3, 0.4) is 0 Å². The average molecular weight is 391 g/mol. The number of alkyl halides is 1. The Morgan fingerprint density at radius 1 is 1.36 bits per heavy atom. The summed E-state index contributed by atoms with van der Waals surface area (Å²) in [5, 5.41) is 0. The molecule has 0 aliphatic carbocycles. The first-order valence-corrected chi connectivity index (χ1v) is 9.03. The van der Waals surface area contributed by atoms with E-state index in [1.165, 1.54) is 38.4 Å². The minimum Gasteiger partial charge on any atom is -0.448 e. The topological polar surface area (TPSA) is 90.7 Å². The zero-order chi connectivity index (χ0) is 20.5. The number of benzene rings is 1. The molecule has 1 aromatic carbocycles. The number of nitrogens with zero attached hydrogens (tertiary/aromatic N) is 2. The van der Waals surface area contributed by atoms with Crippen LogP contribution < -0.4 is 5.73 Å². The van der Waals surface area contributed by atoms with E-state index < -0.39 is 17.0 Å². The van der Waals surface area contributed by atoms with E-state index in [2.05, 4.69) is 9.98 Å². The molecule has 1 aliphatic heterocycles. The molecule has 1 unspecified atom stereocenters. The quantitative estimate of drug-likeness (QED) is 0.791. The second-order valence-electron chi connectivity index (χ2n) is 7.26. The van der Waals surface area contributed by atoms with Gasteiger partial charge in [0.15, 0.2) is 17.8 Å². The van der Waals surface area contributed by atoms with Gasteiger partial charge in [-0.05, 0) is 31.5 Å². The SMILES string of the molecule is CCc1ocnc1C(=O)Cc1ccc(F)c([C@@]2(C)N=C(N)COCC2(C)F)c1. The van der Waals surface area contributed by atoms with Crippen molar-refractivity contribution >= 4 is 11.6 Å². The number of nitrogens with two attached hydrogens (primary N) is 1. The Morgan fingerprint density at radius 3 is 2.82 bits per heavy atom. The summed E-state index contributed by atoms with van der Waals surface area (Å²) in [6.07, 6.45) is 1.73. The monoisotopic (exact) mass is 391 g/mol. The third-order valence-corrected chi connectivity index (χ3v) is 5.15. The molecule has 0 amide bonds. The predicted molar refractivity (Wildman–Crippen MR) is 99.6 cm³/mol. The van der Waals surface area contributed by atoms with E-state index in [0.717, 1.165) is 0 Å². The summed E-state index contributed by atoms with van der Waals surface area (Å²) in [6.45, 7) is 4.32. The van der Waals surface area contributed by atoms with Crippen molar-refractivity contribution in [2.45, 2.75) is 44.8 Å². The van der Waals surface area contributed by atoms with Gasteiger partial charge in [-0.2, -0.15) is 0 Å². The van der Waals surface area contributed by atoms with Crippen LogP contribution in [0, 0.1) is 5.82 Å². The summed E-state index contributed by atoms with van der Waals surface area (Å²) in [7, 11) is 0. The number of aromatic nitrogens is 1. The summed E-state index contributed by atoms with van der Waals surface area (Å²) in [5.41, 5.74) is 2.98. The number of aryl methyl sites for hydroxylation is 1. The van der Waals surface area contributed by atoms with E-state index >= 15 is 4.39 Å². The molecular weight excluding hydrogens is 368 g/mol. The molecule has 0 bridgehead atoms. The Kier molecular flexibility index (Phi) is 5.34. The maximum absolute atomic E-state index is 15.4. The fourth-order valence-corrected chi connectivity index (χ4v) is 3.34. The smallest absolute Gasteiger partial charge is 0.189 e. The highest BCUT2D eigenvalue weighted by molar-refractivity contribution is 5.96. The zero-order valence-electron chi connectivity index (χ0n) is 16.1. The number of carbonyl (C=O) groups is 1. The molecule has 3 rings (SSSR count). The minimum atomic E-state index is -2.00. The van der Waals surface area contributed by atoms with Crippen LogP contribution in [-0.2, 0) is 23.1 Å². The van der Waals surface area contributed by atoms with Crippen molar-refractivity contribution in [1.29, 1.82) is 0 Å². The van der Waals surface area contributed by atoms with Gasteiger partial charge in [-0.3, -0.25) is 9.79 Å². The molecule has 28 heavy (non-hydrogen) atoms. The van der Waals surface area contributed by atoms with Gasteiger partial charge in [-0.25, -0.2) is 13.8 Å². The lowest BCUT2D eigenvalue weighted by atomic mass is 9.78. The number of carbonyl (C=O) groups excluding carboxylic acids is 1. The fourth-order valence-electron chi connectivity index (χ4n) is 3.34. The number of hydrogen-bond acceptors (Lipinski definition) is 6. The molecule has 2 N–H and O–H groups in total. The standard InChI is InChI=1S/C20H23F2N3O3/c1-4-16-18(24-11-28-16)15(26)8-12-5-6-14(21)13(7-12)20(3)19(2,22)10-27-9-17(23)25-20/h5-7,11H,4,8-10H2,1-3H3,(H2,23,25)/t19?,20-/m1/s1. The minimum absolute atomic E-state index is 0.0205. The number of Topliss-reactive ketones (excluding diaryl/α,β-unsaturated/α-hetero) is 1. The van der Waals surface area contributed by atoms with Crippen molar-refractivity contribution in [2.75, 3.05) is 13.2 Å². The summed E-state index contributed by atoms with van der Waals surface area (Å²) < 4.78 is 40.5. The van der Waals surface area contributed by atoms with Gasteiger partial charge in [0.25, 0.3) is 0 Å². The van der Waals surface area contributed by atoms with Crippen LogP contribution in [-0.4, -0.2) is 35.5 Å². The van der Waals surface area contributed by atoms with E-state index in [1.54, 1.807) is 0 Å². The van der Waals surface area contributed by atoms with E-state index in [1.807, 2.05) is 6.92 Å². The van der Waals surface area contributed by atoms with E-state index in [0.29, 0.717) is 17.7 Å². The Balaban J connectivity index is 1.99. The van der Waals surface area contributed by atoms with Gasteiger partial charge in [0.1, 0.15) is 35.3 Å². The highest BCUT2D eigenvalue weighted by atomic mass is 19.1. The van der Waals surface area contributed by atoms with Crippen LogP contribution in [0.15, 0.2) is 34.0 Å². The number of oxazole rings is 1. The maximum atomic E-state index is 15.4. The van der Waals surface area contributed by atoms with Gasteiger partial charge in [-0.15, -0.1) is 0 Å². The average Bonchev–Trinajstić information content (AvgIpc) is 3.07. The largest absolute Gasteiger partial charge is 0.448 e. The molecule has 0 saturated carbocycles. The van der Waals surface area contributed by atoms with Crippen molar-refractivity contribution in [3.05, 3.63) is 53.0 Å². The third-order valence-electron chi connectivity index (χ3n) is 5.15. The zero-order valence-corrected chi connectivity index (χ0v) is 16.1. The molecule has 2 atom stereocenters. The molecule has 0 spiro atoms. The molecule has 1 aliphatic rings. The first-order valence-electron chi connectivity index (χ1n) is 9.03. The molecule has 1 aromatic heterocycles. The highest BCUT2D eigenvalue weighted by Crippen LogP contribution is 2.42. The summed E-state index contributed by atoms with van der Waals surface area (Å²) in [6, 6.07) is 4.15. The second-order valence-corrected chi connectivity index (χ2v) is 7.26. The maximum Gasteiger partial charge on any atom is 0.189 e. The normalized spacial score (nSPS) is 25.2. The number of ketones is 1. The lowest BCUT2D eigenvalue weighted by Gasteiger charge is -2.36. The lowest BCUT2D eigenvalue weighted by molar-refractivity contribution is -0.00109. The van der Waals surface area contributed by atoms with Crippen LogP contribution in [0.4, 0.5) is 8.78 Å². The van der Waals surface area contributed by atoms with Crippen molar-refractivity contribution in [3.8, 4) is 0 Å². The van der Waals surface area contributed by atoms with Gasteiger partial charge in [-0.1, -0.05) is 13.0 Å². The van der Waals surface area contributed by atoms with E-state index in [4.69, 9.17) is 14.9 Å². The van der Waals surface area contributed by atoms with Crippen molar-refractivity contribution in [3.63, 3.8) is 0 Å². The van der Waals surface area contributed by atoms with Crippen LogP contribution in [0.2, 0.25) is 0 Å². The Bertz CT molecular complexity index is 923. The van der Waals surface area contributed by atoms with Gasteiger partial charge in [0.05, 0.1) is 6.61 Å². The lowest BCUT2D eigenvalue weighted by Crippen LogP contribution is -2.46. The molecule has 2 heterocycles. The van der Waals surface area contributed by atoms with Crippen molar-refractivity contribution in [2.24, 2.45) is 10.7 Å². The molecular formula is C20H23F2N3O3. The first kappa shape index (κ1) is 20.1. The van der Waals surface area contributed by atoms with Gasteiger partial charge in [0.2, 0.25) is 0 Å². The van der Waals surface area contributed by atoms with E-state index in [-0.39, 0.29) is 42.5 Å². The molecule has 150 valence electrons. The van der Waals surface area contributed by atoms with Crippen molar-refractivity contribution < 1.29 is 22.7 Å². The first-order chi connectivity index (χ1) is 13.2. The van der Waals surface area contributed by atoms with Crippen LogP contribution >= 0.6 is 0 Å². The number of rotatable bonds is 5. The number of ether oxygens (including phenoxy) is 1.